The number of hydrogen-bond donors (Lipinski definition) is 0. The smallest absolute Gasteiger partial charge is 0.330 e. The van der Waals surface area contributed by atoms with Gasteiger partial charge >= 0.3 is 11.9 Å². The Labute approximate surface area is 127 Å². The van der Waals surface area contributed by atoms with Gasteiger partial charge in [-0.05, 0) is 25.1 Å². The fourth-order valence-corrected chi connectivity index (χ4v) is 2.70. The van der Waals surface area contributed by atoms with Gasteiger partial charge in [0.05, 0.1) is 13.2 Å². The molecule has 0 fully saturated rings. The number of carbonyl (C=O) groups is 2. The van der Waals surface area contributed by atoms with E-state index in [0.717, 1.165) is 0 Å². The fourth-order valence-electron chi connectivity index (χ4n) is 1.68. The van der Waals surface area contributed by atoms with Crippen LogP contribution in [0.4, 0.5) is 0 Å². The monoisotopic (exact) mass is 314 g/mol. The molecule has 0 spiro atoms. The molecule has 1 aliphatic rings. The van der Waals surface area contributed by atoms with Gasteiger partial charge in [0.25, 0.3) is 0 Å². The Morgan fingerprint density at radius 1 is 1.38 bits per heavy atom. The molecule has 1 heterocycles. The molecule has 0 amide bonds. The van der Waals surface area contributed by atoms with Gasteiger partial charge in [0.2, 0.25) is 0 Å². The standard InChI is InChI=1S/C15H26O5Si/c1-7-18-14(17)11-8-9-13(16)20-12(11)10-19-21(5,6)15(2,3)4/h8-9,11-12H,7,10H2,1-6H3/t11-,12-/m1/s1. The van der Waals surface area contributed by atoms with Crippen LogP contribution in [0.1, 0.15) is 27.7 Å². The minimum absolute atomic E-state index is 0.0565. The maximum absolute atomic E-state index is 11.9. The lowest BCUT2D eigenvalue weighted by atomic mass is 10.0. The van der Waals surface area contributed by atoms with E-state index < -0.39 is 26.3 Å². The molecule has 6 heteroatoms. The first-order valence-corrected chi connectivity index (χ1v) is 10.2. The molecule has 21 heavy (non-hydrogen) atoms. The van der Waals surface area contributed by atoms with Crippen molar-refractivity contribution >= 4 is 20.3 Å². The van der Waals surface area contributed by atoms with Crippen molar-refractivity contribution in [2.75, 3.05) is 13.2 Å². The van der Waals surface area contributed by atoms with Crippen LogP contribution in [0.5, 0.6) is 0 Å². The zero-order valence-electron chi connectivity index (χ0n) is 13.8. The summed E-state index contributed by atoms with van der Waals surface area (Å²) in [6.45, 7) is 12.9. The summed E-state index contributed by atoms with van der Waals surface area (Å²) in [4.78, 5) is 23.3. The van der Waals surface area contributed by atoms with Crippen LogP contribution in [-0.2, 0) is 23.5 Å². The zero-order valence-corrected chi connectivity index (χ0v) is 14.8. The van der Waals surface area contributed by atoms with Gasteiger partial charge in [-0.15, -0.1) is 0 Å². The maximum Gasteiger partial charge on any atom is 0.330 e. The second-order valence-electron chi connectivity index (χ2n) is 6.68. The highest BCUT2D eigenvalue weighted by molar-refractivity contribution is 6.74. The summed E-state index contributed by atoms with van der Waals surface area (Å²) < 4.78 is 16.3. The highest BCUT2D eigenvalue weighted by Gasteiger charge is 2.40. The third kappa shape index (κ3) is 4.67. The van der Waals surface area contributed by atoms with E-state index in [4.69, 9.17) is 13.9 Å². The van der Waals surface area contributed by atoms with Crippen LogP contribution < -0.4 is 0 Å². The first kappa shape index (κ1) is 17.9. The van der Waals surface area contributed by atoms with Crippen molar-refractivity contribution in [3.05, 3.63) is 12.2 Å². The molecule has 1 aliphatic heterocycles. The molecule has 0 aromatic heterocycles. The normalized spacial score (nSPS) is 22.9. The molecule has 0 N–H and O–H groups in total. The predicted molar refractivity (Wildman–Crippen MR) is 82.3 cm³/mol. The van der Waals surface area contributed by atoms with Crippen molar-refractivity contribution < 1.29 is 23.5 Å². The lowest BCUT2D eigenvalue weighted by Crippen LogP contribution is -2.46. The number of rotatable bonds is 5. The van der Waals surface area contributed by atoms with E-state index in [1.165, 1.54) is 6.08 Å². The van der Waals surface area contributed by atoms with Gasteiger partial charge in [0.1, 0.15) is 12.0 Å². The highest BCUT2D eigenvalue weighted by atomic mass is 28.4. The average Bonchev–Trinajstić information content (AvgIpc) is 2.35. The van der Waals surface area contributed by atoms with Crippen LogP contribution in [-0.4, -0.2) is 39.6 Å². The Morgan fingerprint density at radius 2 is 2.00 bits per heavy atom. The van der Waals surface area contributed by atoms with Crippen molar-refractivity contribution in [2.45, 2.75) is 51.9 Å². The van der Waals surface area contributed by atoms with E-state index in [2.05, 4.69) is 33.9 Å². The Morgan fingerprint density at radius 3 is 2.52 bits per heavy atom. The number of cyclic esters (lactones) is 1. The number of esters is 2. The van der Waals surface area contributed by atoms with E-state index in [-0.39, 0.29) is 17.6 Å². The summed E-state index contributed by atoms with van der Waals surface area (Å²) in [5.74, 6) is -1.42. The average molecular weight is 314 g/mol. The number of hydrogen-bond acceptors (Lipinski definition) is 5. The largest absolute Gasteiger partial charge is 0.465 e. The molecule has 0 unspecified atom stereocenters. The summed E-state index contributed by atoms with van der Waals surface area (Å²) in [6.07, 6.45) is 2.20. The minimum Gasteiger partial charge on any atom is -0.465 e. The molecule has 2 atom stereocenters. The lowest BCUT2D eigenvalue weighted by molar-refractivity contribution is -0.160. The molecule has 0 saturated heterocycles. The van der Waals surface area contributed by atoms with Crippen molar-refractivity contribution in [1.82, 2.24) is 0 Å². The molecule has 0 bridgehead atoms. The molecule has 120 valence electrons. The summed E-state index contributed by atoms with van der Waals surface area (Å²) in [7, 11) is -1.96. The summed E-state index contributed by atoms with van der Waals surface area (Å²) in [5, 5.41) is 0.0565. The van der Waals surface area contributed by atoms with Crippen LogP contribution in [0.25, 0.3) is 0 Å². The minimum atomic E-state index is -1.96. The molecule has 1 rings (SSSR count). The van der Waals surface area contributed by atoms with Gasteiger partial charge in [-0.2, -0.15) is 0 Å². The maximum atomic E-state index is 11.9. The third-order valence-electron chi connectivity index (χ3n) is 4.08. The Kier molecular flexibility index (Phi) is 5.75. The van der Waals surface area contributed by atoms with E-state index >= 15 is 0 Å². The molecule has 5 nitrogen and oxygen atoms in total. The number of carbonyl (C=O) groups excluding carboxylic acids is 2. The third-order valence-corrected chi connectivity index (χ3v) is 8.58. The van der Waals surface area contributed by atoms with Gasteiger partial charge in [-0.1, -0.05) is 26.8 Å². The first-order chi connectivity index (χ1) is 9.58. The summed E-state index contributed by atoms with van der Waals surface area (Å²) in [6, 6.07) is 0. The van der Waals surface area contributed by atoms with Gasteiger partial charge in [-0.3, -0.25) is 4.79 Å². The van der Waals surface area contributed by atoms with Crippen molar-refractivity contribution in [2.24, 2.45) is 5.92 Å². The molecule has 0 aromatic carbocycles. The van der Waals surface area contributed by atoms with Gasteiger partial charge < -0.3 is 13.9 Å². The second-order valence-corrected chi connectivity index (χ2v) is 11.5. The first-order valence-electron chi connectivity index (χ1n) is 7.28. The lowest BCUT2D eigenvalue weighted by Gasteiger charge is -2.38. The van der Waals surface area contributed by atoms with Crippen LogP contribution in [0.3, 0.4) is 0 Å². The van der Waals surface area contributed by atoms with Gasteiger partial charge in [0.15, 0.2) is 8.32 Å². The fraction of sp³-hybridized carbons (Fsp3) is 0.733. The molecular formula is C15H26O5Si. The zero-order chi connectivity index (χ0) is 16.3. The van der Waals surface area contributed by atoms with Crippen molar-refractivity contribution in [3.8, 4) is 0 Å². The number of ether oxygens (including phenoxy) is 2. The van der Waals surface area contributed by atoms with E-state index in [0.29, 0.717) is 6.61 Å². The molecule has 0 radical (unpaired) electrons. The molecule has 0 aliphatic carbocycles. The van der Waals surface area contributed by atoms with Gasteiger partial charge in [-0.25, -0.2) is 4.79 Å². The van der Waals surface area contributed by atoms with Crippen LogP contribution in [0.2, 0.25) is 18.1 Å². The topological polar surface area (TPSA) is 61.8 Å². The Bertz CT molecular complexity index is 422. The van der Waals surface area contributed by atoms with Crippen LogP contribution in [0, 0.1) is 5.92 Å². The van der Waals surface area contributed by atoms with Gasteiger partial charge in [0, 0.05) is 6.08 Å². The summed E-state index contributed by atoms with van der Waals surface area (Å²) >= 11 is 0. The quantitative estimate of drug-likeness (QED) is 0.577. The Hall–Kier alpha value is -1.14. The molecular weight excluding hydrogens is 288 g/mol. The SMILES string of the molecule is CCOC(=O)[C@@H]1C=CC(=O)O[C@@H]1CO[Si](C)(C)C(C)(C)C. The van der Waals surface area contributed by atoms with Crippen molar-refractivity contribution in [3.63, 3.8) is 0 Å². The van der Waals surface area contributed by atoms with Crippen molar-refractivity contribution in [1.29, 1.82) is 0 Å². The van der Waals surface area contributed by atoms with Crippen LogP contribution >= 0.6 is 0 Å². The Balaban J connectivity index is 2.76. The molecule has 0 aromatic rings. The van der Waals surface area contributed by atoms with E-state index in [1.54, 1.807) is 13.0 Å². The van der Waals surface area contributed by atoms with E-state index in [9.17, 15) is 9.59 Å². The van der Waals surface area contributed by atoms with E-state index in [1.807, 2.05) is 0 Å². The second kappa shape index (κ2) is 6.75. The predicted octanol–water partition coefficient (Wildman–Crippen LogP) is 2.67. The summed E-state index contributed by atoms with van der Waals surface area (Å²) in [5.41, 5.74) is 0. The van der Waals surface area contributed by atoms with Crippen LogP contribution in [0.15, 0.2) is 12.2 Å². The molecule has 0 saturated carbocycles. The highest BCUT2D eigenvalue weighted by Crippen LogP contribution is 2.37.